The van der Waals surface area contributed by atoms with Gasteiger partial charge in [-0.1, -0.05) is 6.92 Å². The lowest BCUT2D eigenvalue weighted by Gasteiger charge is -2.41. The quantitative estimate of drug-likeness (QED) is 0.736. The molecule has 0 aromatic rings. The normalized spacial score (nSPS) is 40.1. The second kappa shape index (κ2) is 4.36. The molecule has 92 valence electrons. The van der Waals surface area contributed by atoms with E-state index >= 15 is 0 Å². The summed E-state index contributed by atoms with van der Waals surface area (Å²) >= 11 is 0. The van der Waals surface area contributed by atoms with Crippen molar-refractivity contribution in [2.75, 3.05) is 13.1 Å². The summed E-state index contributed by atoms with van der Waals surface area (Å²) in [4.78, 5) is 14.6. The van der Waals surface area contributed by atoms with Crippen molar-refractivity contribution < 1.29 is 4.79 Å². The maximum absolute atomic E-state index is 12.5. The van der Waals surface area contributed by atoms with Gasteiger partial charge in [-0.2, -0.15) is 0 Å². The molecule has 1 amide bonds. The highest BCUT2D eigenvalue weighted by Crippen LogP contribution is 2.27. The molecule has 0 bridgehead atoms. The van der Waals surface area contributed by atoms with Gasteiger partial charge in [-0.3, -0.25) is 4.79 Å². The molecule has 0 radical (unpaired) electrons. The molecule has 3 nitrogen and oxygen atoms in total. The lowest BCUT2D eigenvalue weighted by atomic mass is 9.91. The first kappa shape index (κ1) is 11.9. The van der Waals surface area contributed by atoms with Crippen molar-refractivity contribution in [2.45, 2.75) is 58.0 Å². The predicted octanol–water partition coefficient (Wildman–Crippen LogP) is 1.78. The molecule has 2 aliphatic rings. The van der Waals surface area contributed by atoms with Crippen molar-refractivity contribution in [3.8, 4) is 0 Å². The third-order valence-corrected chi connectivity index (χ3v) is 4.22. The van der Waals surface area contributed by atoms with Gasteiger partial charge in [0, 0.05) is 12.6 Å². The van der Waals surface area contributed by atoms with Gasteiger partial charge in [0.05, 0.1) is 5.54 Å². The number of likely N-dealkylation sites (tertiary alicyclic amines) is 1. The number of piperidine rings is 1. The summed E-state index contributed by atoms with van der Waals surface area (Å²) in [5.41, 5.74) is -0.286. The molecule has 1 N–H and O–H groups in total. The molecule has 16 heavy (non-hydrogen) atoms. The molecule has 2 aliphatic heterocycles. The molecular weight excluding hydrogens is 200 g/mol. The molecule has 0 aliphatic carbocycles. The van der Waals surface area contributed by atoms with E-state index in [0.29, 0.717) is 17.9 Å². The lowest BCUT2D eigenvalue weighted by Crippen LogP contribution is -2.57. The van der Waals surface area contributed by atoms with E-state index in [1.807, 2.05) is 0 Å². The van der Waals surface area contributed by atoms with E-state index in [4.69, 9.17) is 0 Å². The molecule has 2 fully saturated rings. The summed E-state index contributed by atoms with van der Waals surface area (Å²) in [7, 11) is 0. The van der Waals surface area contributed by atoms with E-state index in [1.165, 1.54) is 6.42 Å². The largest absolute Gasteiger partial charge is 0.338 e. The Bertz CT molecular complexity index is 271. The number of carbonyl (C=O) groups is 1. The summed E-state index contributed by atoms with van der Waals surface area (Å²) in [6, 6.07) is 0.419. The van der Waals surface area contributed by atoms with Crippen LogP contribution >= 0.6 is 0 Å². The fourth-order valence-corrected chi connectivity index (χ4v) is 2.97. The Morgan fingerprint density at radius 3 is 2.75 bits per heavy atom. The van der Waals surface area contributed by atoms with Crippen LogP contribution in [0, 0.1) is 5.92 Å². The average Bonchev–Trinajstić information content (AvgIpc) is 2.69. The zero-order valence-electron chi connectivity index (χ0n) is 10.8. The summed E-state index contributed by atoms with van der Waals surface area (Å²) in [5, 5.41) is 3.37. The third kappa shape index (κ3) is 2.10. The summed E-state index contributed by atoms with van der Waals surface area (Å²) in [5.74, 6) is 0.981. The zero-order valence-corrected chi connectivity index (χ0v) is 10.8. The second-order valence-electron chi connectivity index (χ2n) is 5.85. The highest BCUT2D eigenvalue weighted by atomic mass is 16.2. The smallest absolute Gasteiger partial charge is 0.242 e. The molecule has 0 spiro atoms. The summed E-state index contributed by atoms with van der Waals surface area (Å²) < 4.78 is 0. The predicted molar refractivity (Wildman–Crippen MR) is 65.2 cm³/mol. The van der Waals surface area contributed by atoms with Gasteiger partial charge in [0.15, 0.2) is 0 Å². The number of hydrogen-bond acceptors (Lipinski definition) is 2. The number of nitrogens with one attached hydrogen (secondary N) is 1. The van der Waals surface area contributed by atoms with Crippen LogP contribution in [0.15, 0.2) is 0 Å². The van der Waals surface area contributed by atoms with Gasteiger partial charge in [-0.05, 0) is 52.0 Å². The molecular formula is C13H24N2O. The van der Waals surface area contributed by atoms with E-state index in [2.05, 4.69) is 31.0 Å². The number of amides is 1. The average molecular weight is 224 g/mol. The summed E-state index contributed by atoms with van der Waals surface area (Å²) in [6.45, 7) is 8.42. The van der Waals surface area contributed by atoms with Crippen LogP contribution < -0.4 is 5.32 Å². The van der Waals surface area contributed by atoms with Crippen LogP contribution in [-0.4, -0.2) is 35.5 Å². The van der Waals surface area contributed by atoms with Gasteiger partial charge >= 0.3 is 0 Å². The Kier molecular flexibility index (Phi) is 3.24. The van der Waals surface area contributed by atoms with Crippen LogP contribution in [0.2, 0.25) is 0 Å². The first-order chi connectivity index (χ1) is 7.53. The number of rotatable bonds is 1. The van der Waals surface area contributed by atoms with Crippen molar-refractivity contribution in [2.24, 2.45) is 5.92 Å². The molecule has 3 heteroatoms. The van der Waals surface area contributed by atoms with Crippen LogP contribution in [-0.2, 0) is 4.79 Å². The fourth-order valence-electron chi connectivity index (χ4n) is 2.97. The standard InChI is InChI=1S/C13H24N2O/c1-10-5-6-11(2)15(9-10)12(16)13(3)7-4-8-14-13/h10-11,14H,4-9H2,1-3H3. The van der Waals surface area contributed by atoms with Crippen molar-refractivity contribution >= 4 is 5.91 Å². The maximum atomic E-state index is 12.5. The Morgan fingerprint density at radius 2 is 2.12 bits per heavy atom. The van der Waals surface area contributed by atoms with Crippen molar-refractivity contribution in [3.05, 3.63) is 0 Å². The monoisotopic (exact) mass is 224 g/mol. The van der Waals surface area contributed by atoms with E-state index in [-0.39, 0.29) is 5.54 Å². The first-order valence-electron chi connectivity index (χ1n) is 6.59. The number of hydrogen-bond donors (Lipinski definition) is 1. The minimum Gasteiger partial charge on any atom is -0.338 e. The van der Waals surface area contributed by atoms with E-state index in [1.54, 1.807) is 0 Å². The van der Waals surface area contributed by atoms with Crippen molar-refractivity contribution in [1.82, 2.24) is 10.2 Å². The van der Waals surface area contributed by atoms with Gasteiger partial charge in [0.25, 0.3) is 0 Å². The first-order valence-corrected chi connectivity index (χ1v) is 6.59. The fraction of sp³-hybridized carbons (Fsp3) is 0.923. The Labute approximate surface area is 98.6 Å². The molecule has 2 heterocycles. The third-order valence-electron chi connectivity index (χ3n) is 4.22. The summed E-state index contributed by atoms with van der Waals surface area (Å²) in [6.07, 6.45) is 4.53. The number of carbonyl (C=O) groups excluding carboxylic acids is 1. The van der Waals surface area contributed by atoms with Crippen molar-refractivity contribution in [3.63, 3.8) is 0 Å². The maximum Gasteiger partial charge on any atom is 0.242 e. The van der Waals surface area contributed by atoms with Crippen molar-refractivity contribution in [1.29, 1.82) is 0 Å². The van der Waals surface area contributed by atoms with Gasteiger partial charge < -0.3 is 10.2 Å². The zero-order chi connectivity index (χ0) is 11.8. The highest BCUT2D eigenvalue weighted by Gasteiger charge is 2.41. The second-order valence-corrected chi connectivity index (χ2v) is 5.85. The SMILES string of the molecule is CC1CCC(C)N(C(=O)C2(C)CCCN2)C1. The van der Waals surface area contributed by atoms with E-state index in [0.717, 1.165) is 32.4 Å². The minimum atomic E-state index is -0.286. The van der Waals surface area contributed by atoms with Crippen LogP contribution in [0.25, 0.3) is 0 Å². The van der Waals surface area contributed by atoms with Crippen LogP contribution in [0.4, 0.5) is 0 Å². The molecule has 0 aromatic carbocycles. The van der Waals surface area contributed by atoms with E-state index < -0.39 is 0 Å². The molecule has 0 aromatic heterocycles. The molecule has 2 rings (SSSR count). The topological polar surface area (TPSA) is 32.3 Å². The highest BCUT2D eigenvalue weighted by molar-refractivity contribution is 5.86. The van der Waals surface area contributed by atoms with E-state index in [9.17, 15) is 4.79 Å². The molecule has 2 saturated heterocycles. The van der Waals surface area contributed by atoms with Crippen LogP contribution in [0.5, 0.6) is 0 Å². The Balaban J connectivity index is 2.07. The molecule has 3 unspecified atom stereocenters. The van der Waals surface area contributed by atoms with Gasteiger partial charge in [-0.15, -0.1) is 0 Å². The molecule has 0 saturated carbocycles. The minimum absolute atomic E-state index is 0.286. The molecule has 3 atom stereocenters. The van der Waals surface area contributed by atoms with Gasteiger partial charge in [0.2, 0.25) is 5.91 Å². The lowest BCUT2D eigenvalue weighted by molar-refractivity contribution is -0.141. The van der Waals surface area contributed by atoms with Gasteiger partial charge in [0.1, 0.15) is 0 Å². The van der Waals surface area contributed by atoms with Gasteiger partial charge in [-0.25, -0.2) is 0 Å². The number of nitrogens with zero attached hydrogens (tertiary/aromatic N) is 1. The van der Waals surface area contributed by atoms with Crippen LogP contribution in [0.3, 0.4) is 0 Å². The van der Waals surface area contributed by atoms with Crippen LogP contribution in [0.1, 0.15) is 46.5 Å². The Hall–Kier alpha value is -0.570. The Morgan fingerprint density at radius 1 is 1.38 bits per heavy atom.